The third kappa shape index (κ3) is 5.34. The number of hydrogen-bond acceptors (Lipinski definition) is 6. The molecule has 5 rings (SSSR count). The number of nitrogens with two attached hydrogens (primary N) is 1. The van der Waals surface area contributed by atoms with Crippen LogP contribution in [0.5, 0.6) is 0 Å². The van der Waals surface area contributed by atoms with Crippen molar-refractivity contribution in [3.63, 3.8) is 0 Å². The Morgan fingerprint density at radius 1 is 1.18 bits per heavy atom. The molecule has 0 atom stereocenters. The van der Waals surface area contributed by atoms with E-state index in [-0.39, 0.29) is 23.8 Å². The van der Waals surface area contributed by atoms with Crippen LogP contribution in [0.3, 0.4) is 0 Å². The molecule has 2 aromatic carbocycles. The Hall–Kier alpha value is -3.58. The molecule has 2 aromatic heterocycles. The number of aromatic nitrogens is 2. The minimum atomic E-state index is -3.77. The molecule has 38 heavy (non-hydrogen) atoms. The molecule has 2 heterocycles. The van der Waals surface area contributed by atoms with Gasteiger partial charge in [0.05, 0.1) is 16.8 Å². The predicted molar refractivity (Wildman–Crippen MR) is 142 cm³/mol. The second kappa shape index (κ2) is 9.95. The van der Waals surface area contributed by atoms with Gasteiger partial charge in [0.1, 0.15) is 11.5 Å². The standard InChI is InChI=1S/C26H26BFN4O5S/c1-15-10-16(2-9-22(15)27(34)35)12-30-38(36,37)14-19-13-32-23(11-21(19)17-3-4-17)24(26(29)33)25(31-32)18-5-7-20(28)8-6-18/h2,5-11,13,17,30,34-35H,3-4,12,14H2,1H3,(H2,29,33). The van der Waals surface area contributed by atoms with Crippen LogP contribution in [-0.4, -0.2) is 41.1 Å². The van der Waals surface area contributed by atoms with E-state index in [4.69, 9.17) is 5.73 Å². The number of hydrogen-bond donors (Lipinski definition) is 4. The highest BCUT2D eigenvalue weighted by molar-refractivity contribution is 7.88. The van der Waals surface area contributed by atoms with Crippen LogP contribution in [0, 0.1) is 12.7 Å². The largest absolute Gasteiger partial charge is 0.488 e. The van der Waals surface area contributed by atoms with Crippen molar-refractivity contribution in [2.75, 3.05) is 0 Å². The maximum atomic E-state index is 13.5. The predicted octanol–water partition coefficient (Wildman–Crippen LogP) is 1.72. The molecule has 5 N–H and O–H groups in total. The molecule has 1 aliphatic carbocycles. The summed E-state index contributed by atoms with van der Waals surface area (Å²) in [7, 11) is -5.37. The first-order valence-corrected chi connectivity index (χ1v) is 13.7. The third-order valence-corrected chi connectivity index (χ3v) is 8.00. The van der Waals surface area contributed by atoms with Gasteiger partial charge >= 0.3 is 7.12 Å². The molecule has 0 bridgehead atoms. The summed E-state index contributed by atoms with van der Waals surface area (Å²) in [5.74, 6) is -1.22. The average molecular weight is 536 g/mol. The highest BCUT2D eigenvalue weighted by atomic mass is 32.2. The van der Waals surface area contributed by atoms with Crippen molar-refractivity contribution < 1.29 is 27.7 Å². The molecule has 1 aliphatic rings. The van der Waals surface area contributed by atoms with E-state index in [9.17, 15) is 27.7 Å². The molecule has 1 saturated carbocycles. The molecule has 0 saturated heterocycles. The SMILES string of the molecule is Cc1cc(CNS(=O)(=O)Cc2cn3nc(-c4ccc(F)cc4)c(C(N)=O)c3cc2C2CC2)ccc1B(O)O. The second-order valence-corrected chi connectivity index (χ2v) is 11.4. The van der Waals surface area contributed by atoms with Gasteiger partial charge in [-0.05, 0) is 78.2 Å². The van der Waals surface area contributed by atoms with E-state index in [2.05, 4.69) is 9.82 Å². The van der Waals surface area contributed by atoms with Crippen molar-refractivity contribution >= 4 is 34.0 Å². The van der Waals surface area contributed by atoms with Crippen molar-refractivity contribution in [2.45, 2.75) is 38.0 Å². The van der Waals surface area contributed by atoms with Crippen LogP contribution >= 0.6 is 0 Å². The van der Waals surface area contributed by atoms with Gasteiger partial charge in [0.2, 0.25) is 10.0 Å². The molecule has 9 nitrogen and oxygen atoms in total. The van der Waals surface area contributed by atoms with E-state index >= 15 is 0 Å². The van der Waals surface area contributed by atoms with Crippen LogP contribution in [0.1, 0.15) is 51.4 Å². The number of aryl methyl sites for hydroxylation is 1. The molecular formula is C26H26BFN4O5S. The fourth-order valence-corrected chi connectivity index (χ4v) is 5.82. The number of amides is 1. The molecule has 1 fully saturated rings. The van der Waals surface area contributed by atoms with Gasteiger partial charge in [0.15, 0.2) is 0 Å². The summed E-state index contributed by atoms with van der Waals surface area (Å²) in [4.78, 5) is 12.4. The molecule has 0 aliphatic heterocycles. The van der Waals surface area contributed by atoms with Crippen molar-refractivity contribution in [1.29, 1.82) is 0 Å². The lowest BCUT2D eigenvalue weighted by Crippen LogP contribution is -2.32. The van der Waals surface area contributed by atoms with Gasteiger partial charge in [-0.2, -0.15) is 5.10 Å². The normalized spacial score (nSPS) is 13.7. The third-order valence-electron chi connectivity index (χ3n) is 6.72. The molecule has 1 amide bonds. The van der Waals surface area contributed by atoms with Crippen LogP contribution < -0.4 is 15.9 Å². The molecule has 12 heteroatoms. The van der Waals surface area contributed by atoms with Crippen LogP contribution in [0.15, 0.2) is 54.7 Å². The van der Waals surface area contributed by atoms with Crippen molar-refractivity contribution in [1.82, 2.24) is 14.3 Å². The number of nitrogens with one attached hydrogen (secondary N) is 1. The minimum Gasteiger partial charge on any atom is -0.423 e. The number of carbonyl (C=O) groups is 1. The summed E-state index contributed by atoms with van der Waals surface area (Å²) in [6.07, 6.45) is 3.43. The molecular weight excluding hydrogens is 510 g/mol. The van der Waals surface area contributed by atoms with E-state index in [1.54, 1.807) is 37.4 Å². The Morgan fingerprint density at radius 3 is 2.50 bits per heavy atom. The Bertz CT molecular complexity index is 1650. The number of sulfonamides is 1. The van der Waals surface area contributed by atoms with E-state index in [0.717, 1.165) is 18.4 Å². The Labute approximate surface area is 219 Å². The number of fused-ring (bicyclic) bond motifs is 1. The summed E-state index contributed by atoms with van der Waals surface area (Å²) < 4.78 is 43.7. The lowest BCUT2D eigenvalue weighted by atomic mass is 9.77. The number of carbonyl (C=O) groups excluding carboxylic acids is 1. The highest BCUT2D eigenvalue weighted by Gasteiger charge is 2.30. The summed E-state index contributed by atoms with van der Waals surface area (Å²) in [6, 6.07) is 12.2. The zero-order valence-corrected chi connectivity index (χ0v) is 21.4. The van der Waals surface area contributed by atoms with E-state index in [0.29, 0.717) is 38.9 Å². The Balaban J connectivity index is 1.47. The van der Waals surface area contributed by atoms with Gasteiger partial charge in [-0.3, -0.25) is 4.79 Å². The fraction of sp³-hybridized carbons (Fsp3) is 0.231. The number of benzene rings is 2. The van der Waals surface area contributed by atoms with Gasteiger partial charge in [-0.15, -0.1) is 0 Å². The smallest absolute Gasteiger partial charge is 0.423 e. The monoisotopic (exact) mass is 536 g/mol. The molecule has 4 aromatic rings. The van der Waals surface area contributed by atoms with Gasteiger partial charge < -0.3 is 15.8 Å². The highest BCUT2D eigenvalue weighted by Crippen LogP contribution is 2.43. The van der Waals surface area contributed by atoms with Crippen LogP contribution in [0.25, 0.3) is 16.8 Å². The maximum absolute atomic E-state index is 13.5. The van der Waals surface area contributed by atoms with Crippen molar-refractivity contribution in [2.24, 2.45) is 5.73 Å². The maximum Gasteiger partial charge on any atom is 0.488 e. The first kappa shape index (κ1) is 26.0. The van der Waals surface area contributed by atoms with Crippen LogP contribution in [0.2, 0.25) is 0 Å². The van der Waals surface area contributed by atoms with Gasteiger partial charge in [0, 0.05) is 18.3 Å². The molecule has 0 spiro atoms. The summed E-state index contributed by atoms with van der Waals surface area (Å²) >= 11 is 0. The topological polar surface area (TPSA) is 147 Å². The quantitative estimate of drug-likeness (QED) is 0.240. The lowest BCUT2D eigenvalue weighted by Gasteiger charge is -2.13. The second-order valence-electron chi connectivity index (χ2n) is 9.60. The number of pyridine rings is 1. The summed E-state index contributed by atoms with van der Waals surface area (Å²) in [6.45, 7) is 1.75. The van der Waals surface area contributed by atoms with E-state index < -0.39 is 28.9 Å². The van der Waals surface area contributed by atoms with Crippen LogP contribution in [0.4, 0.5) is 4.39 Å². The van der Waals surface area contributed by atoms with Gasteiger partial charge in [0.25, 0.3) is 5.91 Å². The van der Waals surface area contributed by atoms with Crippen molar-refractivity contribution in [3.8, 4) is 11.3 Å². The summed E-state index contributed by atoms with van der Waals surface area (Å²) in [5.41, 5.74) is 10.2. The Morgan fingerprint density at radius 2 is 1.89 bits per heavy atom. The minimum absolute atomic E-state index is 0.0360. The van der Waals surface area contributed by atoms with Crippen LogP contribution in [-0.2, 0) is 22.3 Å². The zero-order valence-electron chi connectivity index (χ0n) is 20.6. The zero-order chi connectivity index (χ0) is 27.2. The number of rotatable bonds is 9. The van der Waals surface area contributed by atoms with Gasteiger partial charge in [-0.1, -0.05) is 23.8 Å². The lowest BCUT2D eigenvalue weighted by molar-refractivity contribution is 0.100. The van der Waals surface area contributed by atoms with E-state index in [1.165, 1.54) is 28.8 Å². The van der Waals surface area contributed by atoms with Gasteiger partial charge in [-0.25, -0.2) is 22.0 Å². The van der Waals surface area contributed by atoms with Crippen molar-refractivity contribution in [3.05, 3.63) is 88.4 Å². The number of halogens is 1. The molecule has 196 valence electrons. The molecule has 0 radical (unpaired) electrons. The Kier molecular flexibility index (Phi) is 6.82. The number of nitrogens with zero attached hydrogens (tertiary/aromatic N) is 2. The summed E-state index contributed by atoms with van der Waals surface area (Å²) in [5, 5.41) is 23.3. The van der Waals surface area contributed by atoms with E-state index in [1.807, 2.05) is 0 Å². The molecule has 0 unspecified atom stereocenters. The first-order valence-electron chi connectivity index (χ1n) is 12.1. The average Bonchev–Trinajstić information content (AvgIpc) is 3.62. The fourth-order valence-electron chi connectivity index (χ4n) is 4.68. The number of primary amides is 1. The first-order chi connectivity index (χ1) is 18.0.